The second-order valence-electron chi connectivity index (χ2n) is 6.27. The third-order valence-electron chi connectivity index (χ3n) is 4.54. The van der Waals surface area contributed by atoms with Gasteiger partial charge in [-0.05, 0) is 36.6 Å². The summed E-state index contributed by atoms with van der Waals surface area (Å²) in [5.41, 5.74) is 1.58. The number of furan rings is 1. The van der Waals surface area contributed by atoms with Crippen LogP contribution in [0.15, 0.2) is 51.9 Å². The molecule has 2 heterocycles. The van der Waals surface area contributed by atoms with Crippen LogP contribution in [-0.2, 0) is 6.54 Å². The van der Waals surface area contributed by atoms with Gasteiger partial charge in [-0.1, -0.05) is 23.5 Å². The summed E-state index contributed by atoms with van der Waals surface area (Å²) in [6.07, 6.45) is 2.06. The minimum absolute atomic E-state index is 0.191. The second-order valence-corrected chi connectivity index (χ2v) is 8.26. The molecule has 150 valence electrons. The van der Waals surface area contributed by atoms with Crippen LogP contribution in [0.4, 0.5) is 0 Å². The van der Waals surface area contributed by atoms with Gasteiger partial charge in [0.1, 0.15) is 5.75 Å². The van der Waals surface area contributed by atoms with Gasteiger partial charge in [0.25, 0.3) is 0 Å². The van der Waals surface area contributed by atoms with Gasteiger partial charge in [-0.25, -0.2) is 0 Å². The number of carbonyl (C=O) groups is 1. The molecule has 0 atom stereocenters. The maximum absolute atomic E-state index is 12.9. The number of methoxy groups -OCH3 is 2. The zero-order valence-electron chi connectivity index (χ0n) is 16.3. The van der Waals surface area contributed by atoms with Crippen molar-refractivity contribution in [2.24, 2.45) is 4.99 Å². The predicted octanol–water partition coefficient (Wildman–Crippen LogP) is 4.57. The fourth-order valence-corrected chi connectivity index (χ4v) is 4.56. The molecule has 0 saturated heterocycles. The van der Waals surface area contributed by atoms with Crippen LogP contribution in [-0.4, -0.2) is 36.7 Å². The Morgan fingerprint density at radius 3 is 2.83 bits per heavy atom. The number of ether oxygens (including phenoxy) is 2. The number of aryl methyl sites for hydroxylation is 1. The van der Waals surface area contributed by atoms with Crippen LogP contribution in [0, 0.1) is 0 Å². The van der Waals surface area contributed by atoms with Crippen molar-refractivity contribution < 1.29 is 18.7 Å². The Morgan fingerprint density at radius 2 is 2.07 bits per heavy atom. The first-order valence-corrected chi connectivity index (χ1v) is 11.2. The lowest BCUT2D eigenvalue weighted by molar-refractivity contribution is 0.0973. The number of carbonyl (C=O) groups excluding carboxylic acids is 1. The lowest BCUT2D eigenvalue weighted by Crippen LogP contribution is -2.18. The van der Waals surface area contributed by atoms with Crippen molar-refractivity contribution in [2.75, 3.05) is 26.2 Å². The number of thioether (sulfide) groups is 1. The summed E-state index contributed by atoms with van der Waals surface area (Å²) >= 11 is 3.21. The summed E-state index contributed by atoms with van der Waals surface area (Å²) < 4.78 is 19.5. The predicted molar refractivity (Wildman–Crippen MR) is 117 cm³/mol. The van der Waals surface area contributed by atoms with Gasteiger partial charge in [0.15, 0.2) is 21.9 Å². The molecule has 8 heteroatoms. The normalized spacial score (nSPS) is 12.0. The Balaban J connectivity index is 1.81. The molecule has 4 rings (SSSR count). The second kappa shape index (κ2) is 8.34. The third kappa shape index (κ3) is 3.77. The molecule has 0 saturated carbocycles. The number of nitrogens with zero attached hydrogens (tertiary/aromatic N) is 2. The number of para-hydroxylation sites is 1. The van der Waals surface area contributed by atoms with E-state index in [-0.39, 0.29) is 5.76 Å². The van der Waals surface area contributed by atoms with E-state index in [1.807, 2.05) is 30.3 Å². The molecule has 0 bridgehead atoms. The summed E-state index contributed by atoms with van der Waals surface area (Å²) in [6, 6.07) is 13.1. The summed E-state index contributed by atoms with van der Waals surface area (Å²) in [5.74, 6) is 2.06. The van der Waals surface area contributed by atoms with Crippen molar-refractivity contribution >= 4 is 50.2 Å². The lowest BCUT2D eigenvalue weighted by Gasteiger charge is -2.04. The first-order chi connectivity index (χ1) is 14.1. The minimum atomic E-state index is -0.417. The Bertz CT molecular complexity index is 1250. The smallest absolute Gasteiger partial charge is 0.315 e. The van der Waals surface area contributed by atoms with Gasteiger partial charge < -0.3 is 18.5 Å². The average molecular weight is 429 g/mol. The number of thiazole rings is 1. The van der Waals surface area contributed by atoms with Crippen LogP contribution < -0.4 is 14.3 Å². The molecule has 0 unspecified atom stereocenters. The highest BCUT2D eigenvalue weighted by Crippen LogP contribution is 2.29. The molecule has 0 spiro atoms. The van der Waals surface area contributed by atoms with Gasteiger partial charge in [0.05, 0.1) is 24.4 Å². The molecule has 6 nitrogen and oxygen atoms in total. The van der Waals surface area contributed by atoms with Crippen molar-refractivity contribution in [3.8, 4) is 11.5 Å². The first kappa shape index (κ1) is 19.6. The zero-order valence-corrected chi connectivity index (χ0v) is 17.9. The number of hydrogen-bond donors (Lipinski definition) is 0. The van der Waals surface area contributed by atoms with E-state index in [0.717, 1.165) is 33.6 Å². The van der Waals surface area contributed by atoms with E-state index in [1.165, 1.54) is 11.3 Å². The molecule has 0 aliphatic carbocycles. The van der Waals surface area contributed by atoms with E-state index in [2.05, 4.69) is 15.8 Å². The summed E-state index contributed by atoms with van der Waals surface area (Å²) in [5, 5.41) is 0.805. The Hall–Kier alpha value is -2.71. The monoisotopic (exact) mass is 428 g/mol. The minimum Gasteiger partial charge on any atom is -0.497 e. The van der Waals surface area contributed by atoms with Gasteiger partial charge in [0, 0.05) is 17.7 Å². The van der Waals surface area contributed by atoms with Crippen LogP contribution in [0.25, 0.3) is 21.2 Å². The quantitative estimate of drug-likeness (QED) is 0.450. The molecule has 29 heavy (non-hydrogen) atoms. The first-order valence-electron chi connectivity index (χ1n) is 8.96. The number of aromatic nitrogens is 1. The molecule has 0 aliphatic heterocycles. The van der Waals surface area contributed by atoms with Crippen LogP contribution in [0.1, 0.15) is 10.6 Å². The SMILES string of the molecule is COc1ccc2c(c1)sc(=NC(=O)c1cc3cccc(OC)c3o1)n2CCSC. The van der Waals surface area contributed by atoms with Crippen molar-refractivity contribution in [3.63, 3.8) is 0 Å². The topological polar surface area (TPSA) is 66.0 Å². The molecule has 0 radical (unpaired) electrons. The van der Waals surface area contributed by atoms with E-state index < -0.39 is 5.91 Å². The average Bonchev–Trinajstić information content (AvgIpc) is 3.32. The number of fused-ring (bicyclic) bond motifs is 2. The molecule has 2 aromatic carbocycles. The van der Waals surface area contributed by atoms with E-state index in [4.69, 9.17) is 13.9 Å². The fourth-order valence-electron chi connectivity index (χ4n) is 3.11. The molecule has 4 aromatic rings. The number of benzene rings is 2. The van der Waals surface area contributed by atoms with Crippen molar-refractivity contribution in [2.45, 2.75) is 6.54 Å². The summed E-state index contributed by atoms with van der Waals surface area (Å²) in [7, 11) is 3.21. The van der Waals surface area contributed by atoms with Gasteiger partial charge in [-0.3, -0.25) is 4.79 Å². The van der Waals surface area contributed by atoms with Crippen LogP contribution in [0.3, 0.4) is 0 Å². The fraction of sp³-hybridized carbons (Fsp3) is 0.238. The van der Waals surface area contributed by atoms with Crippen molar-refractivity contribution in [1.82, 2.24) is 4.57 Å². The number of amides is 1. The van der Waals surface area contributed by atoms with Crippen LogP contribution in [0.5, 0.6) is 11.5 Å². The van der Waals surface area contributed by atoms with Gasteiger partial charge in [0.2, 0.25) is 0 Å². The van der Waals surface area contributed by atoms with E-state index in [9.17, 15) is 4.79 Å². The Morgan fingerprint density at radius 1 is 1.21 bits per heavy atom. The van der Waals surface area contributed by atoms with Gasteiger partial charge in [-0.15, -0.1) is 0 Å². The number of rotatable bonds is 6. The van der Waals surface area contributed by atoms with Gasteiger partial charge >= 0.3 is 5.91 Å². The Kier molecular flexibility index (Phi) is 5.64. The number of hydrogen-bond acceptors (Lipinski definition) is 6. The molecule has 1 amide bonds. The third-order valence-corrected chi connectivity index (χ3v) is 6.18. The van der Waals surface area contributed by atoms with Crippen LogP contribution in [0.2, 0.25) is 0 Å². The van der Waals surface area contributed by atoms with Crippen molar-refractivity contribution in [3.05, 3.63) is 53.0 Å². The largest absolute Gasteiger partial charge is 0.497 e. The highest BCUT2D eigenvalue weighted by molar-refractivity contribution is 7.98. The molecule has 0 aliphatic rings. The molecular weight excluding hydrogens is 408 g/mol. The Labute approximate surface area is 175 Å². The summed E-state index contributed by atoms with van der Waals surface area (Å²) in [6.45, 7) is 0.758. The van der Waals surface area contributed by atoms with Gasteiger partial charge in [-0.2, -0.15) is 16.8 Å². The maximum atomic E-state index is 12.9. The molecule has 0 fully saturated rings. The summed E-state index contributed by atoms with van der Waals surface area (Å²) in [4.78, 5) is 17.9. The van der Waals surface area contributed by atoms with E-state index in [1.54, 1.807) is 38.1 Å². The highest BCUT2D eigenvalue weighted by atomic mass is 32.2. The highest BCUT2D eigenvalue weighted by Gasteiger charge is 2.15. The van der Waals surface area contributed by atoms with E-state index in [0.29, 0.717) is 16.1 Å². The van der Waals surface area contributed by atoms with E-state index >= 15 is 0 Å². The molecular formula is C21H20N2O4S2. The maximum Gasteiger partial charge on any atom is 0.315 e. The molecule has 2 aromatic heterocycles. The zero-order chi connectivity index (χ0) is 20.4. The standard InChI is InChI=1S/C21H20N2O4S2/c1-25-14-7-8-15-18(12-14)29-21(23(15)9-10-28-3)22-20(24)17-11-13-5-4-6-16(26-2)19(13)27-17/h4-8,11-12H,9-10H2,1-3H3. The van der Waals surface area contributed by atoms with Crippen molar-refractivity contribution in [1.29, 1.82) is 0 Å². The lowest BCUT2D eigenvalue weighted by atomic mass is 10.2. The van der Waals surface area contributed by atoms with Crippen LogP contribution >= 0.6 is 23.1 Å². The molecule has 0 N–H and O–H groups in total.